The Labute approximate surface area is 115 Å². The first kappa shape index (κ1) is 13.6. The molecule has 100 valence electrons. The minimum absolute atomic E-state index is 0.162. The zero-order chi connectivity index (χ0) is 13.8. The van der Waals surface area contributed by atoms with Crippen molar-refractivity contribution < 1.29 is 13.5 Å². The van der Waals surface area contributed by atoms with Crippen molar-refractivity contribution in [3.63, 3.8) is 0 Å². The van der Waals surface area contributed by atoms with Gasteiger partial charge in [-0.05, 0) is 24.3 Å². The van der Waals surface area contributed by atoms with Crippen molar-refractivity contribution in [2.75, 3.05) is 12.4 Å². The summed E-state index contributed by atoms with van der Waals surface area (Å²) in [6.07, 6.45) is 0. The van der Waals surface area contributed by atoms with Gasteiger partial charge in [-0.15, -0.1) is 0 Å². The Morgan fingerprint density at radius 3 is 2.58 bits per heavy atom. The number of anilines is 1. The fourth-order valence-corrected chi connectivity index (χ4v) is 1.90. The third-order valence-electron chi connectivity index (χ3n) is 2.68. The van der Waals surface area contributed by atoms with Crippen LogP contribution in [0.2, 0.25) is 5.02 Å². The van der Waals surface area contributed by atoms with Crippen molar-refractivity contribution in [2.24, 2.45) is 0 Å². The van der Waals surface area contributed by atoms with Crippen LogP contribution in [0.3, 0.4) is 0 Å². The zero-order valence-corrected chi connectivity index (χ0v) is 11.0. The quantitative estimate of drug-likeness (QED) is 0.906. The highest BCUT2D eigenvalue weighted by Gasteiger charge is 2.07. The molecule has 0 amide bonds. The largest absolute Gasteiger partial charge is 0.494 e. The van der Waals surface area contributed by atoms with E-state index in [2.05, 4.69) is 5.32 Å². The molecule has 0 unspecified atom stereocenters. The minimum atomic E-state index is -0.480. The SMILES string of the molecule is COc1ccc(NCc2c(F)cccc2Cl)cc1F. The highest BCUT2D eigenvalue weighted by molar-refractivity contribution is 6.31. The summed E-state index contributed by atoms with van der Waals surface area (Å²) in [4.78, 5) is 0. The van der Waals surface area contributed by atoms with E-state index in [-0.39, 0.29) is 12.3 Å². The van der Waals surface area contributed by atoms with Gasteiger partial charge in [-0.1, -0.05) is 17.7 Å². The van der Waals surface area contributed by atoms with E-state index in [1.54, 1.807) is 12.1 Å². The molecule has 1 N–H and O–H groups in total. The van der Waals surface area contributed by atoms with Gasteiger partial charge in [0.1, 0.15) is 5.82 Å². The van der Waals surface area contributed by atoms with Gasteiger partial charge in [-0.3, -0.25) is 0 Å². The van der Waals surface area contributed by atoms with Crippen LogP contribution >= 0.6 is 11.6 Å². The molecule has 0 saturated carbocycles. The molecule has 0 fully saturated rings. The van der Waals surface area contributed by atoms with E-state index >= 15 is 0 Å². The Morgan fingerprint density at radius 2 is 1.95 bits per heavy atom. The Kier molecular flexibility index (Phi) is 4.22. The van der Waals surface area contributed by atoms with Gasteiger partial charge in [-0.2, -0.15) is 0 Å². The standard InChI is InChI=1S/C14H12ClF2NO/c1-19-14-6-5-9(7-13(14)17)18-8-10-11(15)3-2-4-12(10)16/h2-7,18H,8H2,1H3. The van der Waals surface area contributed by atoms with E-state index in [0.29, 0.717) is 16.3 Å². The summed E-state index contributed by atoms with van der Waals surface area (Å²) in [6.45, 7) is 0.178. The number of methoxy groups -OCH3 is 1. The molecule has 0 aromatic heterocycles. The first-order valence-corrected chi connectivity index (χ1v) is 6.00. The molecule has 5 heteroatoms. The Morgan fingerprint density at radius 1 is 1.16 bits per heavy atom. The predicted molar refractivity (Wildman–Crippen MR) is 71.7 cm³/mol. The lowest BCUT2D eigenvalue weighted by Gasteiger charge is -2.10. The molecule has 0 aliphatic heterocycles. The maximum absolute atomic E-state index is 13.5. The molecule has 2 nitrogen and oxygen atoms in total. The summed E-state index contributed by atoms with van der Waals surface area (Å²) >= 11 is 5.90. The molecule has 0 saturated heterocycles. The van der Waals surface area contributed by atoms with Gasteiger partial charge in [0.05, 0.1) is 7.11 Å². The summed E-state index contributed by atoms with van der Waals surface area (Å²) in [5.74, 6) is -0.712. The number of hydrogen-bond acceptors (Lipinski definition) is 2. The van der Waals surface area contributed by atoms with Crippen molar-refractivity contribution in [1.82, 2.24) is 0 Å². The van der Waals surface area contributed by atoms with Gasteiger partial charge in [-0.25, -0.2) is 8.78 Å². The summed E-state index contributed by atoms with van der Waals surface area (Å²) in [6, 6.07) is 8.91. The van der Waals surface area contributed by atoms with Crippen LogP contribution in [0.25, 0.3) is 0 Å². The first-order valence-electron chi connectivity index (χ1n) is 5.62. The molecular weight excluding hydrogens is 272 g/mol. The van der Waals surface area contributed by atoms with Gasteiger partial charge < -0.3 is 10.1 Å². The molecule has 0 atom stereocenters. The number of benzene rings is 2. The number of hydrogen-bond donors (Lipinski definition) is 1. The van der Waals surface area contributed by atoms with E-state index in [1.807, 2.05) is 0 Å². The lowest BCUT2D eigenvalue weighted by Crippen LogP contribution is -2.03. The predicted octanol–water partition coefficient (Wildman–Crippen LogP) is 4.24. The van der Waals surface area contributed by atoms with Crippen molar-refractivity contribution in [2.45, 2.75) is 6.54 Å². The Hall–Kier alpha value is -1.81. The van der Waals surface area contributed by atoms with E-state index < -0.39 is 11.6 Å². The monoisotopic (exact) mass is 283 g/mol. The number of nitrogens with one attached hydrogen (secondary N) is 1. The molecule has 0 spiro atoms. The number of halogens is 3. The van der Waals surface area contributed by atoms with Gasteiger partial charge in [0.2, 0.25) is 0 Å². The van der Waals surface area contributed by atoms with Gasteiger partial charge >= 0.3 is 0 Å². The van der Waals surface area contributed by atoms with Crippen LogP contribution in [-0.4, -0.2) is 7.11 Å². The Balaban J connectivity index is 2.13. The highest BCUT2D eigenvalue weighted by atomic mass is 35.5. The maximum Gasteiger partial charge on any atom is 0.167 e. The lowest BCUT2D eigenvalue weighted by atomic mass is 10.2. The molecule has 0 aliphatic carbocycles. The smallest absolute Gasteiger partial charge is 0.167 e. The average molecular weight is 284 g/mol. The van der Waals surface area contributed by atoms with E-state index in [1.165, 1.54) is 31.4 Å². The fraction of sp³-hybridized carbons (Fsp3) is 0.143. The van der Waals surface area contributed by atoms with Gasteiger partial charge in [0.25, 0.3) is 0 Å². The second kappa shape index (κ2) is 5.89. The van der Waals surface area contributed by atoms with Crippen molar-refractivity contribution >= 4 is 17.3 Å². The summed E-state index contributed by atoms with van der Waals surface area (Å²) in [5, 5.41) is 3.25. The first-order chi connectivity index (χ1) is 9.11. The van der Waals surface area contributed by atoms with Crippen LogP contribution in [0.5, 0.6) is 5.75 Å². The molecule has 2 rings (SSSR count). The molecular formula is C14H12ClF2NO. The third kappa shape index (κ3) is 3.15. The van der Waals surface area contributed by atoms with Crippen LogP contribution in [0, 0.1) is 11.6 Å². The molecule has 0 aliphatic rings. The second-order valence-electron chi connectivity index (χ2n) is 3.90. The van der Waals surface area contributed by atoms with E-state index in [0.717, 1.165) is 0 Å². The van der Waals surface area contributed by atoms with Crippen LogP contribution in [0.15, 0.2) is 36.4 Å². The second-order valence-corrected chi connectivity index (χ2v) is 4.31. The summed E-state index contributed by atoms with van der Waals surface area (Å²) < 4.78 is 31.8. The van der Waals surface area contributed by atoms with Crippen LogP contribution in [0.4, 0.5) is 14.5 Å². The molecule has 0 bridgehead atoms. The lowest BCUT2D eigenvalue weighted by molar-refractivity contribution is 0.386. The van der Waals surface area contributed by atoms with Crippen molar-refractivity contribution in [1.29, 1.82) is 0 Å². The molecule has 19 heavy (non-hydrogen) atoms. The van der Waals surface area contributed by atoms with Crippen molar-refractivity contribution in [3.8, 4) is 5.75 Å². The van der Waals surface area contributed by atoms with Gasteiger partial charge in [0, 0.05) is 28.9 Å². The normalized spacial score (nSPS) is 10.3. The van der Waals surface area contributed by atoms with Crippen LogP contribution in [-0.2, 0) is 6.54 Å². The van der Waals surface area contributed by atoms with E-state index in [9.17, 15) is 8.78 Å². The fourth-order valence-electron chi connectivity index (χ4n) is 1.67. The van der Waals surface area contributed by atoms with E-state index in [4.69, 9.17) is 16.3 Å². The average Bonchev–Trinajstić information content (AvgIpc) is 2.38. The molecule has 2 aromatic carbocycles. The highest BCUT2D eigenvalue weighted by Crippen LogP contribution is 2.23. The third-order valence-corrected chi connectivity index (χ3v) is 3.04. The number of rotatable bonds is 4. The van der Waals surface area contributed by atoms with Crippen LogP contribution < -0.4 is 10.1 Å². The molecule has 0 radical (unpaired) electrons. The molecule has 0 heterocycles. The molecule has 2 aromatic rings. The zero-order valence-electron chi connectivity index (χ0n) is 10.2. The topological polar surface area (TPSA) is 21.3 Å². The van der Waals surface area contributed by atoms with Gasteiger partial charge in [0.15, 0.2) is 11.6 Å². The Bertz CT molecular complexity index is 569. The van der Waals surface area contributed by atoms with Crippen LogP contribution in [0.1, 0.15) is 5.56 Å². The minimum Gasteiger partial charge on any atom is -0.494 e. The maximum atomic E-state index is 13.5. The van der Waals surface area contributed by atoms with Crippen molar-refractivity contribution in [3.05, 3.63) is 58.6 Å². The summed E-state index contributed by atoms with van der Waals surface area (Å²) in [5.41, 5.74) is 0.873. The summed E-state index contributed by atoms with van der Waals surface area (Å²) in [7, 11) is 1.39. The number of ether oxygens (including phenoxy) is 1.